The number of benzene rings is 2. The predicted molar refractivity (Wildman–Crippen MR) is 133 cm³/mol. The quantitative estimate of drug-likeness (QED) is 0.344. The highest BCUT2D eigenvalue weighted by Gasteiger charge is 2.12. The molecule has 0 saturated carbocycles. The molecule has 1 aliphatic rings. The fourth-order valence-electron chi connectivity index (χ4n) is 3.48. The lowest BCUT2D eigenvalue weighted by molar-refractivity contribution is 0.269. The Morgan fingerprint density at radius 3 is 2.41 bits per heavy atom. The highest BCUT2D eigenvalue weighted by atomic mass is 127. The van der Waals surface area contributed by atoms with Gasteiger partial charge in [0.25, 0.3) is 0 Å². The number of hydrogen-bond donors (Lipinski definition) is 2. The zero-order valence-electron chi connectivity index (χ0n) is 17.4. The van der Waals surface area contributed by atoms with Gasteiger partial charge in [-0.3, -0.25) is 4.90 Å². The van der Waals surface area contributed by atoms with E-state index in [2.05, 4.69) is 75.7 Å². The lowest BCUT2D eigenvalue weighted by atomic mass is 10.1. The second kappa shape index (κ2) is 12.8. The largest absolute Gasteiger partial charge is 0.370 e. The molecule has 0 bridgehead atoms. The van der Waals surface area contributed by atoms with Crippen LogP contribution in [-0.4, -0.2) is 55.5 Å². The summed E-state index contributed by atoms with van der Waals surface area (Å²) < 4.78 is 0. The summed E-state index contributed by atoms with van der Waals surface area (Å²) in [5.41, 5.74) is 9.85. The van der Waals surface area contributed by atoms with Gasteiger partial charge in [-0.25, -0.2) is 4.99 Å². The Morgan fingerprint density at radius 2 is 1.66 bits per heavy atom. The Labute approximate surface area is 192 Å². The Balaban J connectivity index is 0.00000300. The summed E-state index contributed by atoms with van der Waals surface area (Å²) in [6.45, 7) is 7.12. The average Bonchev–Trinajstić information content (AvgIpc) is 2.92. The van der Waals surface area contributed by atoms with Crippen molar-refractivity contribution in [2.45, 2.75) is 25.9 Å². The Hall–Kier alpha value is -1.64. The van der Waals surface area contributed by atoms with E-state index in [1.54, 1.807) is 0 Å². The SMILES string of the molecule is CN1CCCN(Cc2ccc(CN=C(N)NCCc3ccccc3)cc2)CC1.I. The molecule has 6 heteroatoms. The number of nitrogens with one attached hydrogen (secondary N) is 1. The number of hydrogen-bond acceptors (Lipinski definition) is 3. The topological polar surface area (TPSA) is 56.9 Å². The highest BCUT2D eigenvalue weighted by Crippen LogP contribution is 2.11. The predicted octanol–water partition coefficient (Wildman–Crippen LogP) is 3.09. The number of guanidine groups is 1. The van der Waals surface area contributed by atoms with Crippen molar-refractivity contribution < 1.29 is 0 Å². The fourth-order valence-corrected chi connectivity index (χ4v) is 3.48. The van der Waals surface area contributed by atoms with E-state index < -0.39 is 0 Å². The molecule has 1 fully saturated rings. The summed E-state index contributed by atoms with van der Waals surface area (Å²) in [7, 11) is 2.21. The molecular weight excluding hydrogens is 473 g/mol. The number of halogens is 1. The van der Waals surface area contributed by atoms with Crippen LogP contribution < -0.4 is 11.1 Å². The van der Waals surface area contributed by atoms with Gasteiger partial charge in [-0.05, 0) is 49.7 Å². The second-order valence-corrected chi connectivity index (χ2v) is 7.61. The van der Waals surface area contributed by atoms with Gasteiger partial charge in [0, 0.05) is 26.2 Å². The number of aliphatic imine (C=N–C) groups is 1. The first-order valence-corrected chi connectivity index (χ1v) is 10.3. The van der Waals surface area contributed by atoms with E-state index in [9.17, 15) is 0 Å². The van der Waals surface area contributed by atoms with Crippen LogP contribution >= 0.6 is 24.0 Å². The maximum Gasteiger partial charge on any atom is 0.188 e. The molecule has 0 radical (unpaired) electrons. The van der Waals surface area contributed by atoms with Gasteiger partial charge < -0.3 is 16.0 Å². The maximum absolute atomic E-state index is 5.99. The minimum absolute atomic E-state index is 0. The Bertz CT molecular complexity index is 733. The first-order valence-electron chi connectivity index (χ1n) is 10.3. The molecule has 0 aliphatic carbocycles. The van der Waals surface area contributed by atoms with Crippen molar-refractivity contribution >= 4 is 29.9 Å². The third kappa shape index (κ3) is 8.72. The van der Waals surface area contributed by atoms with E-state index in [4.69, 9.17) is 5.73 Å². The summed E-state index contributed by atoms with van der Waals surface area (Å²) in [5, 5.41) is 3.19. The van der Waals surface area contributed by atoms with Crippen LogP contribution in [0.2, 0.25) is 0 Å². The first kappa shape index (κ1) is 23.6. The number of rotatable bonds is 7. The van der Waals surface area contributed by atoms with E-state index in [1.165, 1.54) is 36.2 Å². The van der Waals surface area contributed by atoms with Gasteiger partial charge in [0.05, 0.1) is 6.54 Å². The lowest BCUT2D eigenvalue weighted by Crippen LogP contribution is -2.33. The summed E-state index contributed by atoms with van der Waals surface area (Å²) >= 11 is 0. The molecule has 0 spiro atoms. The highest BCUT2D eigenvalue weighted by molar-refractivity contribution is 14.0. The molecular formula is C23H34IN5. The summed E-state index contributed by atoms with van der Waals surface area (Å²) in [4.78, 5) is 9.42. The molecule has 1 saturated heterocycles. The number of likely N-dealkylation sites (N-methyl/N-ethyl adjacent to an activating group) is 1. The van der Waals surface area contributed by atoms with E-state index in [1.807, 2.05) is 6.07 Å². The molecule has 29 heavy (non-hydrogen) atoms. The Kier molecular flexibility index (Phi) is 10.5. The molecule has 0 aromatic heterocycles. The Morgan fingerprint density at radius 1 is 0.931 bits per heavy atom. The van der Waals surface area contributed by atoms with Crippen molar-refractivity contribution in [3.05, 3.63) is 71.3 Å². The van der Waals surface area contributed by atoms with Crippen LogP contribution in [0.1, 0.15) is 23.1 Å². The average molecular weight is 507 g/mol. The van der Waals surface area contributed by atoms with Crippen LogP contribution in [-0.2, 0) is 19.5 Å². The van der Waals surface area contributed by atoms with Gasteiger partial charge in [-0.1, -0.05) is 54.6 Å². The smallest absolute Gasteiger partial charge is 0.188 e. The van der Waals surface area contributed by atoms with E-state index in [0.29, 0.717) is 12.5 Å². The van der Waals surface area contributed by atoms with Crippen molar-refractivity contribution in [1.29, 1.82) is 0 Å². The third-order valence-electron chi connectivity index (χ3n) is 5.24. The molecule has 1 heterocycles. The van der Waals surface area contributed by atoms with Gasteiger partial charge in [0.2, 0.25) is 0 Å². The standard InChI is InChI=1S/C23H33N5.HI/c1-27-14-5-15-28(17-16-27)19-22-10-8-21(9-11-22)18-26-23(24)25-13-12-20-6-3-2-4-7-20;/h2-4,6-11H,5,12-19H2,1H3,(H3,24,25,26);1H. The minimum Gasteiger partial charge on any atom is -0.370 e. The van der Waals surface area contributed by atoms with Crippen molar-refractivity contribution in [3.8, 4) is 0 Å². The fraction of sp³-hybridized carbons (Fsp3) is 0.435. The van der Waals surface area contributed by atoms with E-state index in [-0.39, 0.29) is 24.0 Å². The van der Waals surface area contributed by atoms with Crippen molar-refractivity contribution in [2.75, 3.05) is 39.8 Å². The molecule has 0 amide bonds. The van der Waals surface area contributed by atoms with Gasteiger partial charge in [-0.15, -0.1) is 24.0 Å². The number of nitrogens with zero attached hydrogens (tertiary/aromatic N) is 3. The van der Waals surface area contributed by atoms with Gasteiger partial charge >= 0.3 is 0 Å². The molecule has 158 valence electrons. The molecule has 3 rings (SSSR count). The number of nitrogens with two attached hydrogens (primary N) is 1. The van der Waals surface area contributed by atoms with Crippen LogP contribution in [0.4, 0.5) is 0 Å². The summed E-state index contributed by atoms with van der Waals surface area (Å²) in [6.07, 6.45) is 2.19. The molecule has 0 atom stereocenters. The van der Waals surface area contributed by atoms with Crippen LogP contribution in [0.5, 0.6) is 0 Å². The van der Waals surface area contributed by atoms with Gasteiger partial charge in [0.15, 0.2) is 5.96 Å². The summed E-state index contributed by atoms with van der Waals surface area (Å²) in [5.74, 6) is 0.508. The zero-order chi connectivity index (χ0) is 19.6. The second-order valence-electron chi connectivity index (χ2n) is 7.61. The molecule has 1 aliphatic heterocycles. The van der Waals surface area contributed by atoms with Gasteiger partial charge in [-0.2, -0.15) is 0 Å². The normalized spacial score (nSPS) is 16.1. The van der Waals surface area contributed by atoms with E-state index in [0.717, 1.165) is 32.6 Å². The third-order valence-corrected chi connectivity index (χ3v) is 5.24. The van der Waals surface area contributed by atoms with Crippen LogP contribution in [0.15, 0.2) is 59.6 Å². The summed E-state index contributed by atoms with van der Waals surface area (Å²) in [6, 6.07) is 19.2. The van der Waals surface area contributed by atoms with Gasteiger partial charge in [0.1, 0.15) is 0 Å². The molecule has 2 aromatic carbocycles. The van der Waals surface area contributed by atoms with Crippen molar-refractivity contribution in [3.63, 3.8) is 0 Å². The molecule has 0 unspecified atom stereocenters. The van der Waals surface area contributed by atoms with Crippen molar-refractivity contribution in [2.24, 2.45) is 10.7 Å². The first-order chi connectivity index (χ1) is 13.7. The van der Waals surface area contributed by atoms with Crippen LogP contribution in [0.3, 0.4) is 0 Å². The maximum atomic E-state index is 5.99. The minimum atomic E-state index is 0. The van der Waals surface area contributed by atoms with Crippen molar-refractivity contribution in [1.82, 2.24) is 15.1 Å². The monoisotopic (exact) mass is 507 g/mol. The zero-order valence-corrected chi connectivity index (χ0v) is 19.7. The molecule has 3 N–H and O–H groups in total. The van der Waals surface area contributed by atoms with E-state index >= 15 is 0 Å². The molecule has 2 aromatic rings. The van der Waals surface area contributed by atoms with Crippen LogP contribution in [0, 0.1) is 0 Å². The lowest BCUT2D eigenvalue weighted by Gasteiger charge is -2.20. The van der Waals surface area contributed by atoms with Crippen LogP contribution in [0.25, 0.3) is 0 Å². The molecule has 5 nitrogen and oxygen atoms in total.